The number of piperidine rings is 1. The van der Waals surface area contributed by atoms with Crippen molar-refractivity contribution in [2.24, 2.45) is 11.8 Å². The predicted molar refractivity (Wildman–Crippen MR) is 113 cm³/mol. The molecule has 164 valence electrons. The third-order valence-electron chi connectivity index (χ3n) is 5.06. The summed E-state index contributed by atoms with van der Waals surface area (Å²) in [5, 5.41) is 2.80. The number of halogens is 1. The average Bonchev–Trinajstić information content (AvgIpc) is 2.63. The lowest BCUT2D eigenvalue weighted by Gasteiger charge is -2.35. The van der Waals surface area contributed by atoms with Gasteiger partial charge in [-0.1, -0.05) is 13.8 Å². The van der Waals surface area contributed by atoms with Gasteiger partial charge in [0.1, 0.15) is 12.4 Å². The van der Waals surface area contributed by atoms with E-state index in [4.69, 9.17) is 0 Å². The largest absolute Gasteiger partial charge is 0.354 e. The molecule has 0 radical (unpaired) electrons. The highest BCUT2D eigenvalue weighted by Gasteiger charge is 2.27. The molecule has 1 N–H and O–H groups in total. The van der Waals surface area contributed by atoms with Crippen LogP contribution in [0.4, 0.5) is 10.1 Å². The van der Waals surface area contributed by atoms with Gasteiger partial charge < -0.3 is 10.2 Å². The molecule has 0 saturated carbocycles. The summed E-state index contributed by atoms with van der Waals surface area (Å²) in [5.74, 6) is 0.518. The van der Waals surface area contributed by atoms with Crippen molar-refractivity contribution in [2.75, 3.05) is 51.1 Å². The summed E-state index contributed by atoms with van der Waals surface area (Å²) in [7, 11) is -1.10. The third-order valence-corrected chi connectivity index (χ3v) is 6.88. The van der Waals surface area contributed by atoms with E-state index in [1.54, 1.807) is 0 Å². The van der Waals surface area contributed by atoms with Crippen molar-refractivity contribution in [3.8, 4) is 0 Å². The lowest BCUT2D eigenvalue weighted by molar-refractivity contribution is -0.119. The second kappa shape index (κ2) is 10.4. The maximum absolute atomic E-state index is 13.2. The summed E-state index contributed by atoms with van der Waals surface area (Å²) >= 11 is 0. The van der Waals surface area contributed by atoms with E-state index >= 15 is 0 Å². The van der Waals surface area contributed by atoms with E-state index < -0.39 is 16.0 Å². The van der Waals surface area contributed by atoms with Gasteiger partial charge >= 0.3 is 10.2 Å². The SMILES string of the molecule is C[C@@H]1C[C@@H](C)CN(CCCNC(=O)CN(c2ccc(F)cc2)S(=O)(=O)N(C)C)C1. The summed E-state index contributed by atoms with van der Waals surface area (Å²) in [6.07, 6.45) is 2.06. The van der Waals surface area contributed by atoms with Crippen LogP contribution in [0.1, 0.15) is 26.7 Å². The van der Waals surface area contributed by atoms with Gasteiger partial charge in [-0.2, -0.15) is 12.7 Å². The van der Waals surface area contributed by atoms with Crippen LogP contribution in [0.15, 0.2) is 24.3 Å². The van der Waals surface area contributed by atoms with Gasteiger partial charge in [0, 0.05) is 33.7 Å². The molecule has 1 aliphatic heterocycles. The molecule has 1 amide bonds. The first-order valence-electron chi connectivity index (χ1n) is 10.0. The normalized spacial score (nSPS) is 20.6. The number of amides is 1. The van der Waals surface area contributed by atoms with E-state index in [0.717, 1.165) is 34.7 Å². The summed E-state index contributed by atoms with van der Waals surface area (Å²) < 4.78 is 40.5. The Kier molecular flexibility index (Phi) is 8.42. The molecule has 7 nitrogen and oxygen atoms in total. The Bertz CT molecular complexity index is 760. The summed E-state index contributed by atoms with van der Waals surface area (Å²) in [4.78, 5) is 14.8. The number of carbonyl (C=O) groups excluding carboxylic acids is 1. The molecule has 2 rings (SSSR count). The topological polar surface area (TPSA) is 73.0 Å². The van der Waals surface area contributed by atoms with Crippen molar-refractivity contribution in [3.05, 3.63) is 30.1 Å². The first-order chi connectivity index (χ1) is 13.6. The average molecular weight is 429 g/mol. The number of carbonyl (C=O) groups is 1. The van der Waals surface area contributed by atoms with Crippen molar-refractivity contribution in [1.29, 1.82) is 0 Å². The highest BCUT2D eigenvalue weighted by atomic mass is 32.2. The molecule has 1 aromatic rings. The van der Waals surface area contributed by atoms with E-state index in [-0.39, 0.29) is 18.1 Å². The van der Waals surface area contributed by atoms with E-state index in [9.17, 15) is 17.6 Å². The zero-order valence-electron chi connectivity index (χ0n) is 17.8. The van der Waals surface area contributed by atoms with Crippen molar-refractivity contribution < 1.29 is 17.6 Å². The number of hydrogen-bond acceptors (Lipinski definition) is 4. The van der Waals surface area contributed by atoms with Crippen molar-refractivity contribution in [1.82, 2.24) is 14.5 Å². The molecule has 1 fully saturated rings. The molecule has 0 aliphatic carbocycles. The number of nitrogens with one attached hydrogen (secondary N) is 1. The first-order valence-corrected chi connectivity index (χ1v) is 11.4. The third kappa shape index (κ3) is 6.94. The van der Waals surface area contributed by atoms with Crippen LogP contribution in [0.25, 0.3) is 0 Å². The smallest absolute Gasteiger partial charge is 0.304 e. The van der Waals surface area contributed by atoms with Crippen LogP contribution >= 0.6 is 0 Å². The Morgan fingerprint density at radius 3 is 2.31 bits per heavy atom. The van der Waals surface area contributed by atoms with Gasteiger partial charge in [0.15, 0.2) is 0 Å². The fraction of sp³-hybridized carbons (Fsp3) is 0.650. The number of benzene rings is 1. The molecule has 1 heterocycles. The fourth-order valence-electron chi connectivity index (χ4n) is 3.80. The van der Waals surface area contributed by atoms with Crippen LogP contribution in [0.3, 0.4) is 0 Å². The minimum Gasteiger partial charge on any atom is -0.354 e. The van der Waals surface area contributed by atoms with Crippen LogP contribution < -0.4 is 9.62 Å². The molecule has 1 aliphatic rings. The van der Waals surface area contributed by atoms with Gasteiger partial charge in [0.25, 0.3) is 0 Å². The van der Waals surface area contributed by atoms with Gasteiger partial charge in [-0.25, -0.2) is 8.70 Å². The Balaban J connectivity index is 1.90. The van der Waals surface area contributed by atoms with Crippen molar-refractivity contribution in [3.63, 3.8) is 0 Å². The molecule has 9 heteroatoms. The molecule has 0 spiro atoms. The number of nitrogens with zero attached hydrogens (tertiary/aromatic N) is 3. The van der Waals surface area contributed by atoms with Crippen LogP contribution in [0.2, 0.25) is 0 Å². The highest BCUT2D eigenvalue weighted by Crippen LogP contribution is 2.21. The summed E-state index contributed by atoms with van der Waals surface area (Å²) in [6, 6.07) is 5.04. The van der Waals surface area contributed by atoms with E-state index in [1.807, 2.05) is 0 Å². The second-order valence-electron chi connectivity index (χ2n) is 8.18. The van der Waals surface area contributed by atoms with Gasteiger partial charge in [-0.15, -0.1) is 0 Å². The number of rotatable bonds is 9. The number of hydrogen-bond donors (Lipinski definition) is 1. The Hall–Kier alpha value is -1.71. The lowest BCUT2D eigenvalue weighted by atomic mass is 9.92. The molecule has 1 aromatic carbocycles. The maximum atomic E-state index is 13.2. The summed E-state index contributed by atoms with van der Waals surface area (Å²) in [6.45, 7) is 7.72. The Morgan fingerprint density at radius 1 is 1.17 bits per heavy atom. The molecule has 0 aromatic heterocycles. The second-order valence-corrected chi connectivity index (χ2v) is 10.2. The van der Waals surface area contributed by atoms with Crippen molar-refractivity contribution >= 4 is 21.8 Å². The van der Waals surface area contributed by atoms with Gasteiger partial charge in [0.05, 0.1) is 5.69 Å². The van der Waals surface area contributed by atoms with E-state index in [1.165, 1.54) is 44.8 Å². The van der Waals surface area contributed by atoms with Crippen molar-refractivity contribution in [2.45, 2.75) is 26.7 Å². The quantitative estimate of drug-likeness (QED) is 0.610. The summed E-state index contributed by atoms with van der Waals surface area (Å²) in [5.41, 5.74) is 0.242. The minimum absolute atomic E-state index is 0.242. The lowest BCUT2D eigenvalue weighted by Crippen LogP contribution is -2.46. The molecule has 0 bridgehead atoms. The number of anilines is 1. The number of likely N-dealkylation sites (tertiary alicyclic amines) is 1. The monoisotopic (exact) mass is 428 g/mol. The highest BCUT2D eigenvalue weighted by molar-refractivity contribution is 7.90. The molecular formula is C20H33FN4O3S. The molecular weight excluding hydrogens is 395 g/mol. The van der Waals surface area contributed by atoms with Gasteiger partial charge in [-0.05, 0) is 55.5 Å². The van der Waals surface area contributed by atoms with E-state index in [2.05, 4.69) is 24.1 Å². The van der Waals surface area contributed by atoms with E-state index in [0.29, 0.717) is 18.4 Å². The zero-order valence-corrected chi connectivity index (χ0v) is 18.6. The van der Waals surface area contributed by atoms with Crippen LogP contribution in [-0.4, -0.2) is 70.3 Å². The fourth-order valence-corrected chi connectivity index (χ4v) is 4.86. The molecule has 2 atom stereocenters. The molecule has 29 heavy (non-hydrogen) atoms. The Morgan fingerprint density at radius 2 is 1.76 bits per heavy atom. The first kappa shape index (κ1) is 23.6. The Labute approximate surface area is 174 Å². The predicted octanol–water partition coefficient (Wildman–Crippen LogP) is 1.92. The van der Waals surface area contributed by atoms with Crippen LogP contribution in [0, 0.1) is 17.7 Å². The standard InChI is InChI=1S/C20H33FN4O3S/c1-16-12-17(2)14-24(13-16)11-5-10-22-20(26)15-25(29(27,28)23(3)4)19-8-6-18(21)7-9-19/h6-9,16-17H,5,10-15H2,1-4H3,(H,22,26)/t16-,17-/m1/s1. The maximum Gasteiger partial charge on any atom is 0.304 e. The van der Waals surface area contributed by atoms with Crippen LogP contribution in [-0.2, 0) is 15.0 Å². The minimum atomic E-state index is -3.88. The molecule has 1 saturated heterocycles. The van der Waals surface area contributed by atoms with Gasteiger partial charge in [-0.3, -0.25) is 4.79 Å². The molecule has 0 unspecified atom stereocenters. The zero-order chi connectivity index (χ0) is 21.6. The van der Waals surface area contributed by atoms with Gasteiger partial charge in [0.2, 0.25) is 5.91 Å². The van der Waals surface area contributed by atoms with Crippen LogP contribution in [0.5, 0.6) is 0 Å².